The molecular formula is C40H39N9O2. The molecule has 0 aliphatic rings. The normalized spacial score (nSPS) is 12.2. The van der Waals surface area contributed by atoms with Crippen LogP contribution in [0.15, 0.2) is 116 Å². The number of aromatic nitrogens is 8. The Kier molecular flexibility index (Phi) is 8.02. The molecule has 6 N–H and O–H groups in total. The summed E-state index contributed by atoms with van der Waals surface area (Å²) in [6.45, 7) is 4.50. The standard InChI is InChI=1S/C40H39N9O2/c1-39(33-7-3-21-41-33,34-8-4-22-42-34)19-17-26-11-14-30(45-26)37-38(48-32-25-28(49(50)51)13-16-29(32)47-37)31-15-12-27(46-31)18-20-40(2,35-9-5-23-43-35)36-10-6-24-44-36/h3-16,21-25,41-46H,17-20H2,1-2H3. The fraction of sp³-hybridized carbons (Fsp3) is 0.200. The van der Waals surface area contributed by atoms with Crippen LogP contribution in [0.5, 0.6) is 0 Å². The number of nitrogens with one attached hydrogen (secondary N) is 6. The molecule has 8 rings (SSSR count). The summed E-state index contributed by atoms with van der Waals surface area (Å²) in [5, 5.41) is 11.6. The summed E-state index contributed by atoms with van der Waals surface area (Å²) in [6.07, 6.45) is 11.1. The van der Waals surface area contributed by atoms with Crippen LogP contribution in [-0.2, 0) is 23.7 Å². The van der Waals surface area contributed by atoms with E-state index >= 15 is 0 Å². The molecule has 0 radical (unpaired) electrons. The van der Waals surface area contributed by atoms with Gasteiger partial charge in [-0.05, 0) is 118 Å². The molecule has 0 aliphatic carbocycles. The molecule has 0 aliphatic heterocycles. The minimum atomic E-state index is -0.405. The summed E-state index contributed by atoms with van der Waals surface area (Å²) in [5.41, 5.74) is 10.2. The number of fused-ring (bicyclic) bond motifs is 1. The molecule has 0 fully saturated rings. The first-order valence-corrected chi connectivity index (χ1v) is 17.2. The van der Waals surface area contributed by atoms with Crippen LogP contribution in [0.2, 0.25) is 0 Å². The van der Waals surface area contributed by atoms with Crippen molar-refractivity contribution in [1.82, 2.24) is 39.9 Å². The third-order valence-electron chi connectivity index (χ3n) is 10.4. The van der Waals surface area contributed by atoms with Gasteiger partial charge in [-0.25, -0.2) is 9.97 Å². The summed E-state index contributed by atoms with van der Waals surface area (Å²) in [4.78, 5) is 42.2. The maximum Gasteiger partial charge on any atom is 0.271 e. The number of H-pyrrole nitrogens is 6. The van der Waals surface area contributed by atoms with E-state index in [1.165, 1.54) is 12.1 Å². The first-order chi connectivity index (χ1) is 24.8. The third-order valence-corrected chi connectivity index (χ3v) is 10.4. The first-order valence-electron chi connectivity index (χ1n) is 17.2. The maximum atomic E-state index is 11.6. The molecule has 256 valence electrons. The summed E-state index contributed by atoms with van der Waals surface area (Å²) in [7, 11) is 0. The van der Waals surface area contributed by atoms with Crippen LogP contribution in [0.3, 0.4) is 0 Å². The van der Waals surface area contributed by atoms with Crippen molar-refractivity contribution in [3.05, 3.63) is 160 Å². The van der Waals surface area contributed by atoms with Crippen LogP contribution in [0.1, 0.15) is 60.9 Å². The Bertz CT molecular complexity index is 2310. The minimum Gasteiger partial charge on any atom is -0.364 e. The van der Waals surface area contributed by atoms with E-state index in [-0.39, 0.29) is 16.5 Å². The van der Waals surface area contributed by atoms with E-state index in [2.05, 4.69) is 80.1 Å². The Hall–Kier alpha value is -6.36. The lowest BCUT2D eigenvalue weighted by molar-refractivity contribution is -0.384. The molecule has 0 bridgehead atoms. The van der Waals surface area contributed by atoms with Gasteiger partial charge in [0.05, 0.1) is 27.3 Å². The highest BCUT2D eigenvalue weighted by Crippen LogP contribution is 2.37. The molecule has 0 saturated carbocycles. The van der Waals surface area contributed by atoms with Gasteiger partial charge in [0.1, 0.15) is 11.4 Å². The van der Waals surface area contributed by atoms with Gasteiger partial charge in [-0.3, -0.25) is 10.1 Å². The van der Waals surface area contributed by atoms with E-state index in [9.17, 15) is 10.1 Å². The van der Waals surface area contributed by atoms with Gasteiger partial charge in [0.25, 0.3) is 5.69 Å². The average Bonchev–Trinajstić information content (AvgIpc) is 4.00. The molecule has 11 heteroatoms. The highest BCUT2D eigenvalue weighted by molar-refractivity contribution is 5.85. The van der Waals surface area contributed by atoms with Gasteiger partial charge in [0.2, 0.25) is 0 Å². The molecule has 0 spiro atoms. The van der Waals surface area contributed by atoms with Crippen molar-refractivity contribution in [1.29, 1.82) is 0 Å². The third kappa shape index (κ3) is 5.96. The van der Waals surface area contributed by atoms with Gasteiger partial charge in [0, 0.05) is 81.9 Å². The predicted octanol–water partition coefficient (Wildman–Crippen LogP) is 8.72. The van der Waals surface area contributed by atoms with Gasteiger partial charge in [0.15, 0.2) is 0 Å². The summed E-state index contributed by atoms with van der Waals surface area (Å²) >= 11 is 0. The van der Waals surface area contributed by atoms with E-state index in [1.54, 1.807) is 6.07 Å². The zero-order valence-electron chi connectivity index (χ0n) is 28.5. The lowest BCUT2D eigenvalue weighted by atomic mass is 9.79. The smallest absolute Gasteiger partial charge is 0.271 e. The second-order valence-electron chi connectivity index (χ2n) is 13.6. The van der Waals surface area contributed by atoms with Crippen molar-refractivity contribution in [2.75, 3.05) is 0 Å². The maximum absolute atomic E-state index is 11.6. The van der Waals surface area contributed by atoms with Crippen molar-refractivity contribution in [2.45, 2.75) is 50.4 Å². The van der Waals surface area contributed by atoms with Gasteiger partial charge in [-0.15, -0.1) is 0 Å². The SMILES string of the molecule is CC(CCc1ccc(-c2nc3ccc([N+](=O)[O-])cc3nc2-c2ccc(CCC(C)(c3ccc[nH]3)c3ccc[nH]3)[nH]2)[nH]1)(c1ccc[nH]1)c1ccc[nH]1. The van der Waals surface area contributed by atoms with Crippen LogP contribution in [0.25, 0.3) is 33.8 Å². The van der Waals surface area contributed by atoms with Crippen LogP contribution < -0.4 is 0 Å². The quantitative estimate of drug-likeness (QED) is 0.0531. The molecule has 0 unspecified atom stereocenters. The number of hydrogen-bond acceptors (Lipinski definition) is 4. The predicted molar refractivity (Wildman–Crippen MR) is 198 cm³/mol. The fourth-order valence-corrected chi connectivity index (χ4v) is 7.27. The number of benzene rings is 1. The van der Waals surface area contributed by atoms with Crippen LogP contribution in [0, 0.1) is 10.1 Å². The zero-order chi connectivity index (χ0) is 35.0. The van der Waals surface area contributed by atoms with E-state index in [0.29, 0.717) is 22.4 Å². The monoisotopic (exact) mass is 677 g/mol. The Morgan fingerprint density at radius 1 is 0.588 bits per heavy atom. The first kappa shape index (κ1) is 31.9. The topological polar surface area (TPSA) is 164 Å². The number of hydrogen-bond donors (Lipinski definition) is 6. The lowest BCUT2D eigenvalue weighted by Gasteiger charge is -2.28. The van der Waals surface area contributed by atoms with Gasteiger partial charge >= 0.3 is 0 Å². The van der Waals surface area contributed by atoms with Crippen LogP contribution in [-0.4, -0.2) is 44.8 Å². The van der Waals surface area contributed by atoms with Crippen molar-refractivity contribution in [3.63, 3.8) is 0 Å². The molecular weight excluding hydrogens is 639 g/mol. The van der Waals surface area contributed by atoms with Gasteiger partial charge in [-0.1, -0.05) is 0 Å². The number of nitrogens with zero attached hydrogens (tertiary/aromatic N) is 3. The van der Waals surface area contributed by atoms with Crippen molar-refractivity contribution >= 4 is 16.7 Å². The second kappa shape index (κ2) is 12.8. The zero-order valence-corrected chi connectivity index (χ0v) is 28.5. The number of non-ortho nitro benzene ring substituents is 1. The molecule has 51 heavy (non-hydrogen) atoms. The summed E-state index contributed by atoms with van der Waals surface area (Å²) in [6, 6.07) is 29.5. The second-order valence-corrected chi connectivity index (χ2v) is 13.6. The molecule has 8 aromatic rings. The molecule has 1 aromatic carbocycles. The summed E-state index contributed by atoms with van der Waals surface area (Å²) in [5.74, 6) is 0. The largest absolute Gasteiger partial charge is 0.364 e. The Morgan fingerprint density at radius 3 is 1.41 bits per heavy atom. The number of aryl methyl sites for hydroxylation is 2. The summed E-state index contributed by atoms with van der Waals surface area (Å²) < 4.78 is 0. The van der Waals surface area contributed by atoms with Crippen molar-refractivity contribution in [2.24, 2.45) is 0 Å². The average molecular weight is 678 g/mol. The van der Waals surface area contributed by atoms with Gasteiger partial charge in [-0.2, -0.15) is 0 Å². The van der Waals surface area contributed by atoms with E-state index in [1.807, 2.05) is 61.2 Å². The highest BCUT2D eigenvalue weighted by Gasteiger charge is 2.32. The van der Waals surface area contributed by atoms with Crippen molar-refractivity contribution in [3.8, 4) is 22.8 Å². The molecule has 7 heterocycles. The number of rotatable bonds is 13. The minimum absolute atomic E-state index is 0.0232. The highest BCUT2D eigenvalue weighted by atomic mass is 16.6. The van der Waals surface area contributed by atoms with Crippen LogP contribution in [0.4, 0.5) is 5.69 Å². The fourth-order valence-electron chi connectivity index (χ4n) is 7.27. The Balaban J connectivity index is 1.11. The van der Waals surface area contributed by atoms with Gasteiger partial charge < -0.3 is 29.9 Å². The van der Waals surface area contributed by atoms with E-state index < -0.39 is 4.92 Å². The van der Waals surface area contributed by atoms with Crippen LogP contribution >= 0.6 is 0 Å². The number of aromatic amines is 6. The van der Waals surface area contributed by atoms with Crippen molar-refractivity contribution < 1.29 is 4.92 Å². The Morgan fingerprint density at radius 2 is 1.02 bits per heavy atom. The number of nitro benzene ring substituents is 1. The van der Waals surface area contributed by atoms with E-state index in [0.717, 1.165) is 71.2 Å². The van der Waals surface area contributed by atoms with E-state index in [4.69, 9.17) is 9.97 Å². The molecule has 0 atom stereocenters. The lowest BCUT2D eigenvalue weighted by Crippen LogP contribution is -2.25. The molecule has 0 saturated heterocycles. The Labute approximate surface area is 294 Å². The molecule has 11 nitrogen and oxygen atoms in total. The molecule has 7 aromatic heterocycles. The molecule has 0 amide bonds. The number of nitro groups is 1.